The number of hydrogen-bond donors (Lipinski definition) is 1. The van der Waals surface area contributed by atoms with Crippen LogP contribution in [-0.2, 0) is 20.8 Å². The Kier molecular flexibility index (Phi) is 8.71. The maximum Gasteiger partial charge on any atom is 0.417 e. The summed E-state index contributed by atoms with van der Waals surface area (Å²) in [6.07, 6.45) is -0.601. The molecule has 0 spiro atoms. The topological polar surface area (TPSA) is 133 Å². The minimum Gasteiger partial charge on any atom is -0.352 e. The summed E-state index contributed by atoms with van der Waals surface area (Å²) in [5.41, 5.74) is -2.10. The molecule has 5 rings (SSSR count). The lowest BCUT2D eigenvalue weighted by atomic mass is 9.90. The van der Waals surface area contributed by atoms with Gasteiger partial charge in [-0.1, -0.05) is 0 Å². The van der Waals surface area contributed by atoms with Crippen LogP contribution in [0.5, 0.6) is 0 Å². The third-order valence-corrected chi connectivity index (χ3v) is 11.1. The summed E-state index contributed by atoms with van der Waals surface area (Å²) in [5.74, 6) is 0.147. The van der Waals surface area contributed by atoms with Crippen LogP contribution in [0.4, 0.5) is 17.6 Å². The minimum absolute atomic E-state index is 0.0177. The van der Waals surface area contributed by atoms with E-state index in [1.165, 1.54) is 4.57 Å². The molecule has 1 saturated heterocycles. The molecule has 2 aliphatic rings. The summed E-state index contributed by atoms with van der Waals surface area (Å²) >= 11 is 1.77. The zero-order chi connectivity index (χ0) is 31.1. The first-order valence-electron chi connectivity index (χ1n) is 13.8. The normalized spacial score (nSPS) is 21.0. The Balaban J connectivity index is 1.32. The van der Waals surface area contributed by atoms with E-state index in [1.54, 1.807) is 11.8 Å². The van der Waals surface area contributed by atoms with Crippen molar-refractivity contribution in [2.45, 2.75) is 80.0 Å². The Hall–Kier alpha value is -3.27. The average molecular weight is 644 g/mol. The van der Waals surface area contributed by atoms with E-state index >= 15 is 0 Å². The van der Waals surface area contributed by atoms with E-state index in [0.717, 1.165) is 41.3 Å². The van der Waals surface area contributed by atoms with Gasteiger partial charge in [-0.05, 0) is 75.2 Å². The summed E-state index contributed by atoms with van der Waals surface area (Å²) in [6, 6.07) is 1.23. The Morgan fingerprint density at radius 2 is 1.65 bits per heavy atom. The molecule has 3 aromatic heterocycles. The molecular formula is C27H29F4N5O5S2. The van der Waals surface area contributed by atoms with Gasteiger partial charge < -0.3 is 5.32 Å². The smallest absolute Gasteiger partial charge is 0.352 e. The van der Waals surface area contributed by atoms with Crippen LogP contribution in [0.15, 0.2) is 45.2 Å². The third-order valence-electron chi connectivity index (χ3n) is 8.08. The molecule has 1 saturated carbocycles. The van der Waals surface area contributed by atoms with E-state index in [1.807, 2.05) is 0 Å². The lowest BCUT2D eigenvalue weighted by molar-refractivity contribution is -0.137. The van der Waals surface area contributed by atoms with Gasteiger partial charge in [-0.15, -0.1) is 0 Å². The molecule has 1 unspecified atom stereocenters. The largest absolute Gasteiger partial charge is 0.417 e. The van der Waals surface area contributed by atoms with Crippen molar-refractivity contribution < 1.29 is 30.8 Å². The summed E-state index contributed by atoms with van der Waals surface area (Å²) in [7, 11) is -4.37. The van der Waals surface area contributed by atoms with Gasteiger partial charge in [0, 0.05) is 24.3 Å². The standard InChI is InChI=1S/C27H29F4N5O5S2/c1-15(43(40,41)22-7-2-16(13-32-22)27(29,30)31)24(37)34-18-3-5-19(6-4-18)36-25(38)21-12-17(28)14-33-23(21)35(26(36)39)20-8-10-42-11-9-20/h2,7,12-15,18-20H,3-6,8-11H2,1H3,(H,34,37)/t15?,18-,19+. The second kappa shape index (κ2) is 12.0. The highest BCUT2D eigenvalue weighted by Gasteiger charge is 2.36. The van der Waals surface area contributed by atoms with Gasteiger partial charge in [0.15, 0.2) is 5.03 Å². The van der Waals surface area contributed by atoms with E-state index in [9.17, 15) is 40.4 Å². The molecule has 1 aliphatic carbocycles. The van der Waals surface area contributed by atoms with Crippen molar-refractivity contribution in [3.8, 4) is 0 Å². The first kappa shape index (κ1) is 31.2. The van der Waals surface area contributed by atoms with E-state index in [0.29, 0.717) is 50.8 Å². The molecule has 43 heavy (non-hydrogen) atoms. The molecule has 0 radical (unpaired) electrons. The molecule has 2 fully saturated rings. The van der Waals surface area contributed by atoms with E-state index in [-0.39, 0.29) is 17.1 Å². The van der Waals surface area contributed by atoms with E-state index in [2.05, 4.69) is 15.3 Å². The van der Waals surface area contributed by atoms with Gasteiger partial charge >= 0.3 is 11.9 Å². The molecule has 0 aromatic carbocycles. The predicted molar refractivity (Wildman–Crippen MR) is 151 cm³/mol. The van der Waals surface area contributed by atoms with Crippen LogP contribution in [0.25, 0.3) is 11.0 Å². The van der Waals surface area contributed by atoms with Gasteiger partial charge in [-0.3, -0.25) is 18.7 Å². The van der Waals surface area contributed by atoms with E-state index in [4.69, 9.17) is 0 Å². The minimum atomic E-state index is -4.69. The quantitative estimate of drug-likeness (QED) is 0.403. The highest BCUT2D eigenvalue weighted by molar-refractivity contribution is 7.99. The Bertz CT molecular complexity index is 1740. The number of thioether (sulfide) groups is 1. The van der Waals surface area contributed by atoms with Gasteiger partial charge in [-0.2, -0.15) is 24.9 Å². The summed E-state index contributed by atoms with van der Waals surface area (Å²) in [4.78, 5) is 47.6. The van der Waals surface area contributed by atoms with Crippen molar-refractivity contribution in [3.63, 3.8) is 0 Å². The monoisotopic (exact) mass is 643 g/mol. The highest BCUT2D eigenvalue weighted by atomic mass is 32.2. The number of carbonyl (C=O) groups is 1. The zero-order valence-corrected chi connectivity index (χ0v) is 24.6. The first-order valence-corrected chi connectivity index (χ1v) is 16.5. The van der Waals surface area contributed by atoms with Gasteiger partial charge in [-0.25, -0.2) is 27.6 Å². The second-order valence-electron chi connectivity index (χ2n) is 10.8. The predicted octanol–water partition coefficient (Wildman–Crippen LogP) is 3.64. The number of fused-ring (bicyclic) bond motifs is 1. The van der Waals surface area contributed by atoms with Crippen molar-refractivity contribution in [2.24, 2.45) is 0 Å². The summed E-state index contributed by atoms with van der Waals surface area (Å²) in [6.45, 7) is 1.13. The molecule has 1 amide bonds. The summed E-state index contributed by atoms with van der Waals surface area (Å²) in [5, 5.41) is 0.415. The van der Waals surface area contributed by atoms with Crippen molar-refractivity contribution in [3.05, 3.63) is 62.8 Å². The molecule has 1 aliphatic heterocycles. The number of nitrogens with zero attached hydrogens (tertiary/aromatic N) is 4. The molecule has 16 heteroatoms. The third kappa shape index (κ3) is 6.21. The van der Waals surface area contributed by atoms with Crippen LogP contribution in [0, 0.1) is 5.82 Å². The van der Waals surface area contributed by atoms with Crippen LogP contribution in [-0.4, -0.2) is 56.2 Å². The SMILES string of the molecule is CC(C(=O)N[C@H]1CC[C@@H](n2c(=O)c3cc(F)cnc3n(C3CCSCC3)c2=O)CC1)S(=O)(=O)c1ccc(C(F)(F)F)cn1. The lowest BCUT2D eigenvalue weighted by Crippen LogP contribution is -2.48. The number of amides is 1. The number of carbonyl (C=O) groups excluding carboxylic acids is 1. The maximum atomic E-state index is 14.1. The van der Waals surface area contributed by atoms with Gasteiger partial charge in [0.1, 0.15) is 16.7 Å². The number of sulfone groups is 1. The van der Waals surface area contributed by atoms with Crippen LogP contribution >= 0.6 is 11.8 Å². The number of pyridine rings is 2. The van der Waals surface area contributed by atoms with Crippen LogP contribution in [0.2, 0.25) is 0 Å². The van der Waals surface area contributed by atoms with E-state index < -0.39 is 66.9 Å². The van der Waals surface area contributed by atoms with Crippen molar-refractivity contribution in [1.29, 1.82) is 0 Å². The molecule has 1 N–H and O–H groups in total. The molecule has 4 heterocycles. The molecule has 10 nitrogen and oxygen atoms in total. The fourth-order valence-corrected chi connectivity index (χ4v) is 7.89. The molecule has 0 bridgehead atoms. The van der Waals surface area contributed by atoms with Crippen LogP contribution in [0.3, 0.4) is 0 Å². The van der Waals surface area contributed by atoms with Crippen molar-refractivity contribution >= 4 is 38.5 Å². The fraction of sp³-hybridized carbons (Fsp3) is 0.519. The molecule has 232 valence electrons. The number of aromatic nitrogens is 4. The number of rotatable bonds is 6. The Morgan fingerprint density at radius 3 is 2.26 bits per heavy atom. The Labute approximate surface area is 247 Å². The first-order chi connectivity index (χ1) is 20.3. The van der Waals surface area contributed by atoms with Gasteiger partial charge in [0.2, 0.25) is 15.7 Å². The Morgan fingerprint density at radius 1 is 1.00 bits per heavy atom. The fourth-order valence-electron chi connectivity index (χ4n) is 5.63. The van der Waals surface area contributed by atoms with Crippen molar-refractivity contribution in [1.82, 2.24) is 24.4 Å². The zero-order valence-electron chi connectivity index (χ0n) is 23.0. The second-order valence-corrected chi connectivity index (χ2v) is 14.2. The lowest BCUT2D eigenvalue weighted by Gasteiger charge is -2.32. The van der Waals surface area contributed by atoms with Gasteiger partial charge in [0.25, 0.3) is 5.56 Å². The number of halogens is 4. The molecular weight excluding hydrogens is 614 g/mol. The van der Waals surface area contributed by atoms with Crippen LogP contribution < -0.4 is 16.6 Å². The number of hydrogen-bond acceptors (Lipinski definition) is 8. The summed E-state index contributed by atoms with van der Waals surface area (Å²) < 4.78 is 81.0. The van der Waals surface area contributed by atoms with Crippen LogP contribution in [0.1, 0.15) is 63.1 Å². The maximum absolute atomic E-state index is 14.1. The molecule has 3 aromatic rings. The van der Waals surface area contributed by atoms with Gasteiger partial charge in [0.05, 0.1) is 17.1 Å². The highest BCUT2D eigenvalue weighted by Crippen LogP contribution is 2.31. The average Bonchev–Trinajstić information content (AvgIpc) is 2.98. The number of alkyl halides is 3. The van der Waals surface area contributed by atoms with Crippen molar-refractivity contribution in [2.75, 3.05) is 11.5 Å². The molecule has 1 atom stereocenters. The number of nitrogens with one attached hydrogen (secondary N) is 1.